The topological polar surface area (TPSA) is 20.3 Å². The van der Waals surface area contributed by atoms with E-state index in [9.17, 15) is 4.79 Å². The second kappa shape index (κ2) is 5.31. The Hall–Kier alpha value is -0.0800. The lowest BCUT2D eigenvalue weighted by Gasteiger charge is -2.27. The van der Waals surface area contributed by atoms with Gasteiger partial charge in [0.2, 0.25) is 0 Å². The first kappa shape index (κ1) is 13.0. The molecule has 88 valence electrons. The van der Waals surface area contributed by atoms with Gasteiger partial charge in [0.25, 0.3) is 0 Å². The summed E-state index contributed by atoms with van der Waals surface area (Å²) in [5.74, 6) is 2.13. The van der Waals surface area contributed by atoms with Crippen molar-refractivity contribution in [3.8, 4) is 0 Å². The Bertz CT molecular complexity index is 228. The Labute approximate surface area is 98.8 Å². The van der Waals surface area contributed by atoms with Crippen LogP contribution in [0.5, 0.6) is 0 Å². The van der Waals surface area contributed by atoms with Gasteiger partial charge in [-0.2, -0.15) is 0 Å². The summed E-state index contributed by atoms with van der Waals surface area (Å²) in [5, 5.41) is 0. The molecule has 2 aliphatic carbocycles. The van der Waals surface area contributed by atoms with Crippen molar-refractivity contribution < 1.29 is 4.79 Å². The highest BCUT2D eigenvalue weighted by Gasteiger charge is 2.46. The van der Waals surface area contributed by atoms with Gasteiger partial charge in [0.15, 0.2) is 0 Å². The summed E-state index contributed by atoms with van der Waals surface area (Å²) >= 11 is 0. The second-order valence-electron chi connectivity index (χ2n) is 4.76. The largest absolute Gasteiger partial charge is 0.303 e. The van der Waals surface area contributed by atoms with Crippen molar-refractivity contribution in [3.05, 3.63) is 0 Å². The second-order valence-corrected chi connectivity index (χ2v) is 4.76. The Morgan fingerprint density at radius 1 is 1.27 bits per heavy atom. The number of hydrogen-bond acceptors (Lipinski definition) is 2. The first-order valence-electron chi connectivity index (χ1n) is 6.02. The first-order chi connectivity index (χ1) is 6.76. The van der Waals surface area contributed by atoms with Crippen molar-refractivity contribution in [2.75, 3.05) is 19.6 Å². The minimum absolute atomic E-state index is 0. The van der Waals surface area contributed by atoms with Crippen LogP contribution < -0.4 is 0 Å². The van der Waals surface area contributed by atoms with E-state index < -0.39 is 0 Å². The fourth-order valence-electron chi connectivity index (χ4n) is 3.17. The van der Waals surface area contributed by atoms with Gasteiger partial charge in [-0.3, -0.25) is 4.79 Å². The van der Waals surface area contributed by atoms with Crippen LogP contribution in [0, 0.1) is 17.8 Å². The number of rotatable bonds is 4. The monoisotopic (exact) mass is 231 g/mol. The van der Waals surface area contributed by atoms with E-state index in [0.717, 1.165) is 25.6 Å². The van der Waals surface area contributed by atoms with Gasteiger partial charge in [-0.15, -0.1) is 12.4 Å². The minimum Gasteiger partial charge on any atom is -0.303 e. The van der Waals surface area contributed by atoms with Gasteiger partial charge in [0, 0.05) is 18.4 Å². The number of carbonyl (C=O) groups excluding carboxylic acids is 1. The maximum absolute atomic E-state index is 11.9. The molecule has 0 aromatic rings. The van der Waals surface area contributed by atoms with Crippen LogP contribution in [0.2, 0.25) is 0 Å². The van der Waals surface area contributed by atoms with Gasteiger partial charge in [0.1, 0.15) is 5.78 Å². The molecule has 0 spiro atoms. The van der Waals surface area contributed by atoms with Crippen molar-refractivity contribution in [1.29, 1.82) is 0 Å². The molecule has 2 nitrogen and oxygen atoms in total. The quantitative estimate of drug-likeness (QED) is 0.741. The van der Waals surface area contributed by atoms with E-state index in [1.165, 1.54) is 19.3 Å². The third-order valence-electron chi connectivity index (χ3n) is 4.16. The molecule has 1 unspecified atom stereocenters. The van der Waals surface area contributed by atoms with Crippen molar-refractivity contribution in [1.82, 2.24) is 4.90 Å². The molecule has 0 heterocycles. The van der Waals surface area contributed by atoms with E-state index in [2.05, 4.69) is 18.7 Å². The third kappa shape index (κ3) is 2.36. The fourth-order valence-corrected chi connectivity index (χ4v) is 3.17. The predicted molar refractivity (Wildman–Crippen MR) is 64.4 cm³/mol. The smallest absolute Gasteiger partial charge is 0.140 e. The molecule has 2 aliphatic rings. The van der Waals surface area contributed by atoms with Crippen LogP contribution >= 0.6 is 12.4 Å². The SMILES string of the molecule is CCN(CC)C[C@@H]1C(=O)[C@@H]2CCC1C2.Cl. The molecule has 0 amide bonds. The summed E-state index contributed by atoms with van der Waals surface area (Å²) in [4.78, 5) is 14.3. The van der Waals surface area contributed by atoms with E-state index in [1.54, 1.807) is 0 Å². The number of nitrogens with zero attached hydrogens (tertiary/aromatic N) is 1. The molecule has 0 aromatic carbocycles. The van der Waals surface area contributed by atoms with E-state index >= 15 is 0 Å². The molecule has 2 rings (SSSR count). The highest BCUT2D eigenvalue weighted by atomic mass is 35.5. The maximum atomic E-state index is 11.9. The molecule has 15 heavy (non-hydrogen) atoms. The van der Waals surface area contributed by atoms with E-state index in [4.69, 9.17) is 0 Å². The lowest BCUT2D eigenvalue weighted by molar-refractivity contribution is -0.126. The molecule has 0 radical (unpaired) electrons. The summed E-state index contributed by atoms with van der Waals surface area (Å²) in [6, 6.07) is 0. The third-order valence-corrected chi connectivity index (χ3v) is 4.16. The molecule has 0 aromatic heterocycles. The minimum atomic E-state index is 0. The molecular weight excluding hydrogens is 210 g/mol. The number of ketones is 1. The van der Waals surface area contributed by atoms with Crippen LogP contribution in [0.1, 0.15) is 33.1 Å². The van der Waals surface area contributed by atoms with Crippen molar-refractivity contribution in [2.24, 2.45) is 17.8 Å². The molecule has 2 saturated carbocycles. The average Bonchev–Trinajstić information content (AvgIpc) is 2.77. The summed E-state index contributed by atoms with van der Waals surface area (Å²) < 4.78 is 0. The molecule has 2 fully saturated rings. The predicted octanol–water partition coefficient (Wildman–Crippen LogP) is 2.37. The Balaban J connectivity index is 0.00000112. The molecule has 0 N–H and O–H groups in total. The Kier molecular flexibility index (Phi) is 4.60. The van der Waals surface area contributed by atoms with Crippen molar-refractivity contribution in [3.63, 3.8) is 0 Å². The zero-order valence-corrected chi connectivity index (χ0v) is 10.6. The Morgan fingerprint density at radius 3 is 2.40 bits per heavy atom. The van der Waals surface area contributed by atoms with Crippen molar-refractivity contribution in [2.45, 2.75) is 33.1 Å². The van der Waals surface area contributed by atoms with Gasteiger partial charge in [0.05, 0.1) is 0 Å². The van der Waals surface area contributed by atoms with E-state index in [1.807, 2.05) is 0 Å². The molecule has 2 bridgehead atoms. The highest BCUT2D eigenvalue weighted by Crippen LogP contribution is 2.45. The normalized spacial score (nSPS) is 33.5. The lowest BCUT2D eigenvalue weighted by Crippen LogP contribution is -2.35. The fraction of sp³-hybridized carbons (Fsp3) is 0.917. The summed E-state index contributed by atoms with van der Waals surface area (Å²) in [6.45, 7) is 7.55. The van der Waals surface area contributed by atoms with Gasteiger partial charge < -0.3 is 4.90 Å². The highest BCUT2D eigenvalue weighted by molar-refractivity contribution is 5.87. The van der Waals surface area contributed by atoms with Crippen LogP contribution in [-0.2, 0) is 4.79 Å². The number of Topliss-reactive ketones (excluding diaryl/α,β-unsaturated/α-hetero) is 1. The standard InChI is InChI=1S/C12H21NO.ClH/c1-3-13(4-2)8-11-9-5-6-10(7-9)12(11)14;/h9-11H,3-8H2,1-2H3;1H/t9?,10-,11+;/m1./s1. The summed E-state index contributed by atoms with van der Waals surface area (Å²) in [7, 11) is 0. The van der Waals surface area contributed by atoms with Crippen LogP contribution in [0.3, 0.4) is 0 Å². The van der Waals surface area contributed by atoms with Gasteiger partial charge in [-0.05, 0) is 38.3 Å². The number of fused-ring (bicyclic) bond motifs is 2. The van der Waals surface area contributed by atoms with Crippen LogP contribution in [-0.4, -0.2) is 30.3 Å². The van der Waals surface area contributed by atoms with Gasteiger partial charge in [-0.1, -0.05) is 13.8 Å². The molecular formula is C12H22ClNO. The van der Waals surface area contributed by atoms with Gasteiger partial charge >= 0.3 is 0 Å². The zero-order chi connectivity index (χ0) is 10.1. The van der Waals surface area contributed by atoms with Gasteiger partial charge in [-0.25, -0.2) is 0 Å². The number of hydrogen-bond donors (Lipinski definition) is 0. The maximum Gasteiger partial charge on any atom is 0.140 e. The first-order valence-corrected chi connectivity index (χ1v) is 6.02. The van der Waals surface area contributed by atoms with Crippen molar-refractivity contribution >= 4 is 18.2 Å². The summed E-state index contributed by atoms with van der Waals surface area (Å²) in [5.41, 5.74) is 0. The van der Waals surface area contributed by atoms with Crippen LogP contribution in [0.25, 0.3) is 0 Å². The number of halogens is 1. The zero-order valence-electron chi connectivity index (χ0n) is 9.74. The van der Waals surface area contributed by atoms with Crippen LogP contribution in [0.15, 0.2) is 0 Å². The summed E-state index contributed by atoms with van der Waals surface area (Å²) in [6.07, 6.45) is 3.69. The molecule has 3 atom stereocenters. The van der Waals surface area contributed by atoms with Crippen LogP contribution in [0.4, 0.5) is 0 Å². The average molecular weight is 232 g/mol. The lowest BCUT2D eigenvalue weighted by atomic mass is 9.87. The van der Waals surface area contributed by atoms with E-state index in [0.29, 0.717) is 17.6 Å². The Morgan fingerprint density at radius 2 is 1.93 bits per heavy atom. The number of carbonyl (C=O) groups is 1. The molecule has 3 heteroatoms. The molecule has 0 saturated heterocycles. The molecule has 0 aliphatic heterocycles. The van der Waals surface area contributed by atoms with E-state index in [-0.39, 0.29) is 12.4 Å².